The summed E-state index contributed by atoms with van der Waals surface area (Å²) in [6.45, 7) is 2.09. The maximum Gasteiger partial charge on any atom is 0.239 e. The fraction of sp³-hybridized carbons (Fsp3) is 0.625. The lowest BCUT2D eigenvalue weighted by molar-refractivity contribution is 0.138. The van der Waals surface area contributed by atoms with E-state index in [9.17, 15) is 8.78 Å². The van der Waals surface area contributed by atoms with E-state index in [0.717, 1.165) is 0 Å². The smallest absolute Gasteiger partial charge is 0.239 e. The van der Waals surface area contributed by atoms with Gasteiger partial charge in [0.2, 0.25) is 6.43 Å². The van der Waals surface area contributed by atoms with Crippen molar-refractivity contribution >= 4 is 21.8 Å². The third-order valence-electron chi connectivity index (χ3n) is 1.24. The quantitative estimate of drug-likeness (QED) is 0.457. The van der Waals surface area contributed by atoms with Gasteiger partial charge in [-0.2, -0.15) is 0 Å². The number of allylic oxidation sites excluding steroid dienone is 1. The van der Waals surface area contributed by atoms with E-state index in [-0.39, 0.29) is 17.8 Å². The maximum absolute atomic E-state index is 11.8. The van der Waals surface area contributed by atoms with Gasteiger partial charge in [0.05, 0.1) is 6.54 Å². The summed E-state index contributed by atoms with van der Waals surface area (Å²) >= 11 is 3.09. The minimum absolute atomic E-state index is 0.202. The van der Waals surface area contributed by atoms with Gasteiger partial charge in [0, 0.05) is 11.2 Å². The number of nitrogens with zero attached hydrogens (tertiary/aromatic N) is 1. The van der Waals surface area contributed by atoms with E-state index >= 15 is 0 Å². The molecule has 0 fully saturated rings. The second-order valence-corrected chi connectivity index (χ2v) is 3.78. The van der Waals surface area contributed by atoms with Gasteiger partial charge in [-0.3, -0.25) is 4.99 Å². The topological polar surface area (TPSA) is 38.4 Å². The Morgan fingerprint density at radius 3 is 2.69 bits per heavy atom. The molecular weight excluding hydrogens is 242 g/mol. The predicted octanol–water partition coefficient (Wildman–Crippen LogP) is 2.34. The van der Waals surface area contributed by atoms with Crippen LogP contribution in [0.5, 0.6) is 0 Å². The van der Waals surface area contributed by atoms with Crippen molar-refractivity contribution in [1.29, 1.82) is 0 Å². The third kappa shape index (κ3) is 7.90. The molecule has 0 aliphatic heterocycles. The summed E-state index contributed by atoms with van der Waals surface area (Å²) in [4.78, 5) is 3.59. The molecule has 2 nitrogen and oxygen atoms in total. The number of rotatable bonds is 5. The molecule has 0 saturated carbocycles. The SMILES string of the molecule is C/C=C\C(N)=NCC(Br)CC(F)F. The molecule has 0 rings (SSSR count). The molecule has 2 N–H and O–H groups in total. The normalized spacial score (nSPS) is 15.6. The minimum Gasteiger partial charge on any atom is -0.384 e. The first kappa shape index (κ1) is 12.6. The monoisotopic (exact) mass is 254 g/mol. The van der Waals surface area contributed by atoms with Crippen LogP contribution in [0.3, 0.4) is 0 Å². The predicted molar refractivity (Wildman–Crippen MR) is 54.6 cm³/mol. The fourth-order valence-electron chi connectivity index (χ4n) is 0.696. The largest absolute Gasteiger partial charge is 0.384 e. The maximum atomic E-state index is 11.8. The van der Waals surface area contributed by atoms with Crippen molar-refractivity contribution in [3.63, 3.8) is 0 Å². The number of aliphatic imine (C=N–C) groups is 1. The number of alkyl halides is 3. The second kappa shape index (κ2) is 7.00. The van der Waals surface area contributed by atoms with Crippen LogP contribution < -0.4 is 5.73 Å². The van der Waals surface area contributed by atoms with Crippen LogP contribution >= 0.6 is 15.9 Å². The van der Waals surface area contributed by atoms with Gasteiger partial charge in [0.15, 0.2) is 0 Å². The summed E-state index contributed by atoms with van der Waals surface area (Å²) in [6.07, 6.45) is 0.867. The molecule has 0 amide bonds. The Bertz CT molecular complexity index is 193. The Morgan fingerprint density at radius 1 is 1.62 bits per heavy atom. The molecule has 0 radical (unpaired) electrons. The van der Waals surface area contributed by atoms with Crippen molar-refractivity contribution in [3.05, 3.63) is 12.2 Å². The van der Waals surface area contributed by atoms with Gasteiger partial charge in [0.25, 0.3) is 0 Å². The molecule has 0 aliphatic rings. The van der Waals surface area contributed by atoms with Gasteiger partial charge < -0.3 is 5.73 Å². The lowest BCUT2D eigenvalue weighted by Crippen LogP contribution is -2.13. The van der Waals surface area contributed by atoms with Crippen LogP contribution in [0.2, 0.25) is 0 Å². The van der Waals surface area contributed by atoms with E-state index in [1.54, 1.807) is 12.2 Å². The summed E-state index contributed by atoms with van der Waals surface area (Å²) in [7, 11) is 0. The van der Waals surface area contributed by atoms with Crippen LogP contribution in [0, 0.1) is 0 Å². The van der Waals surface area contributed by atoms with E-state index in [4.69, 9.17) is 5.73 Å². The molecule has 0 spiro atoms. The summed E-state index contributed by atoms with van der Waals surface area (Å²) in [6, 6.07) is 0. The highest BCUT2D eigenvalue weighted by Crippen LogP contribution is 2.11. The highest BCUT2D eigenvalue weighted by Gasteiger charge is 2.10. The Labute approximate surface area is 85.0 Å². The first-order valence-corrected chi connectivity index (χ1v) is 4.82. The molecule has 0 bridgehead atoms. The molecule has 0 saturated heterocycles. The van der Waals surface area contributed by atoms with E-state index in [0.29, 0.717) is 5.84 Å². The van der Waals surface area contributed by atoms with E-state index in [1.807, 2.05) is 6.92 Å². The van der Waals surface area contributed by atoms with Crippen molar-refractivity contribution < 1.29 is 8.78 Å². The Morgan fingerprint density at radius 2 is 2.23 bits per heavy atom. The molecule has 1 unspecified atom stereocenters. The molecule has 0 aromatic heterocycles. The van der Waals surface area contributed by atoms with Crippen LogP contribution in [-0.2, 0) is 0 Å². The van der Waals surface area contributed by atoms with Crippen LogP contribution in [0.25, 0.3) is 0 Å². The van der Waals surface area contributed by atoms with Crippen LogP contribution in [0.15, 0.2) is 17.1 Å². The van der Waals surface area contributed by atoms with Crippen LogP contribution in [0.1, 0.15) is 13.3 Å². The zero-order valence-electron chi connectivity index (χ0n) is 7.38. The first-order valence-electron chi connectivity index (χ1n) is 3.91. The van der Waals surface area contributed by atoms with Gasteiger partial charge >= 0.3 is 0 Å². The Kier molecular flexibility index (Phi) is 6.76. The first-order chi connectivity index (χ1) is 6.06. The number of halogens is 3. The van der Waals surface area contributed by atoms with Crippen molar-refractivity contribution in [1.82, 2.24) is 0 Å². The summed E-state index contributed by atoms with van der Waals surface area (Å²) in [5.74, 6) is 0.362. The summed E-state index contributed by atoms with van der Waals surface area (Å²) in [5, 5.41) is 0. The third-order valence-corrected chi connectivity index (χ3v) is 1.91. The molecule has 76 valence electrons. The zero-order chi connectivity index (χ0) is 10.3. The summed E-state index contributed by atoms with van der Waals surface area (Å²) < 4.78 is 23.7. The minimum atomic E-state index is -2.30. The molecule has 0 aromatic carbocycles. The number of hydrogen-bond donors (Lipinski definition) is 1. The molecule has 0 aliphatic carbocycles. The highest BCUT2D eigenvalue weighted by atomic mass is 79.9. The van der Waals surface area contributed by atoms with Crippen molar-refractivity contribution in [3.8, 4) is 0 Å². The molecule has 1 atom stereocenters. The average Bonchev–Trinajstić information content (AvgIpc) is 2.00. The van der Waals surface area contributed by atoms with E-state index < -0.39 is 6.43 Å². The lowest BCUT2D eigenvalue weighted by Gasteiger charge is -2.05. The Hall–Kier alpha value is -0.450. The van der Waals surface area contributed by atoms with Gasteiger partial charge in [-0.25, -0.2) is 8.78 Å². The highest BCUT2D eigenvalue weighted by molar-refractivity contribution is 9.09. The van der Waals surface area contributed by atoms with Crippen molar-refractivity contribution in [2.75, 3.05) is 6.54 Å². The molecule has 5 heteroatoms. The molecule has 0 aromatic rings. The zero-order valence-corrected chi connectivity index (χ0v) is 8.97. The number of nitrogens with two attached hydrogens (primary N) is 1. The van der Waals surface area contributed by atoms with Crippen molar-refractivity contribution in [2.45, 2.75) is 24.6 Å². The van der Waals surface area contributed by atoms with Gasteiger partial charge in [-0.15, -0.1) is 0 Å². The van der Waals surface area contributed by atoms with Gasteiger partial charge in [-0.1, -0.05) is 22.0 Å². The number of amidine groups is 1. The van der Waals surface area contributed by atoms with Gasteiger partial charge in [0.1, 0.15) is 5.84 Å². The number of hydrogen-bond acceptors (Lipinski definition) is 1. The van der Waals surface area contributed by atoms with Crippen LogP contribution in [-0.4, -0.2) is 23.6 Å². The summed E-state index contributed by atoms with van der Waals surface area (Å²) in [5.41, 5.74) is 5.42. The molecule has 13 heavy (non-hydrogen) atoms. The lowest BCUT2D eigenvalue weighted by atomic mass is 10.3. The molecule has 0 heterocycles. The average molecular weight is 255 g/mol. The van der Waals surface area contributed by atoms with E-state index in [2.05, 4.69) is 20.9 Å². The standard InChI is InChI=1S/C8H13BrF2N2/c1-2-3-8(12)13-5-6(9)4-7(10)11/h2-3,6-7H,4-5H2,1H3,(H2,12,13)/b3-2-. The molecular formula is C8H13BrF2N2. The van der Waals surface area contributed by atoms with Gasteiger partial charge in [-0.05, 0) is 13.0 Å². The van der Waals surface area contributed by atoms with Crippen molar-refractivity contribution in [2.24, 2.45) is 10.7 Å². The van der Waals surface area contributed by atoms with Crippen LogP contribution in [0.4, 0.5) is 8.78 Å². The fourth-order valence-corrected chi connectivity index (χ4v) is 1.12. The second-order valence-electron chi connectivity index (χ2n) is 2.49. The Balaban J connectivity index is 3.79. The van der Waals surface area contributed by atoms with E-state index in [1.165, 1.54) is 0 Å².